The van der Waals surface area contributed by atoms with Crippen molar-refractivity contribution in [1.29, 1.82) is 0 Å². The maximum atomic E-state index is 11.7. The lowest BCUT2D eigenvalue weighted by atomic mass is 10.0. The summed E-state index contributed by atoms with van der Waals surface area (Å²) in [6.07, 6.45) is 1.50. The van der Waals surface area contributed by atoms with Gasteiger partial charge in [-0.05, 0) is 30.9 Å². The number of carbonyl (C=O) groups excluding carboxylic acids is 3. The van der Waals surface area contributed by atoms with E-state index < -0.39 is 12.1 Å². The van der Waals surface area contributed by atoms with Crippen LogP contribution in [0.5, 0.6) is 0 Å². The van der Waals surface area contributed by atoms with Crippen molar-refractivity contribution in [3.8, 4) is 0 Å². The molecular weight excluding hydrogens is 270 g/mol. The molecule has 1 heterocycles. The van der Waals surface area contributed by atoms with Gasteiger partial charge in [0, 0.05) is 13.0 Å². The molecule has 1 unspecified atom stereocenters. The highest BCUT2D eigenvalue weighted by Crippen LogP contribution is 2.09. The number of aryl methyl sites for hydroxylation is 2. The van der Waals surface area contributed by atoms with Gasteiger partial charge in [0.25, 0.3) is 5.91 Å². The Morgan fingerprint density at radius 2 is 2.05 bits per heavy atom. The molecule has 6 heteroatoms. The van der Waals surface area contributed by atoms with Crippen molar-refractivity contribution in [3.05, 3.63) is 35.4 Å². The zero-order valence-electron chi connectivity index (χ0n) is 11.9. The summed E-state index contributed by atoms with van der Waals surface area (Å²) in [6.45, 7) is 2.39. The molecule has 6 nitrogen and oxygen atoms in total. The molecule has 21 heavy (non-hydrogen) atoms. The highest BCUT2D eigenvalue weighted by molar-refractivity contribution is 6.04. The van der Waals surface area contributed by atoms with Crippen LogP contribution in [0.4, 0.5) is 4.79 Å². The van der Waals surface area contributed by atoms with Crippen LogP contribution in [0.2, 0.25) is 0 Å². The molecule has 1 aliphatic rings. The quantitative estimate of drug-likeness (QED) is 0.672. The zero-order valence-corrected chi connectivity index (χ0v) is 11.9. The van der Waals surface area contributed by atoms with Crippen LogP contribution in [0.1, 0.15) is 24.0 Å². The van der Waals surface area contributed by atoms with Crippen LogP contribution >= 0.6 is 0 Å². The molecule has 1 aromatic carbocycles. The second-order valence-corrected chi connectivity index (χ2v) is 5.08. The minimum Gasteiger partial charge on any atom is -0.356 e. The third-order valence-electron chi connectivity index (χ3n) is 3.50. The summed E-state index contributed by atoms with van der Waals surface area (Å²) < 4.78 is 0. The molecular formula is C15H19N3O3. The van der Waals surface area contributed by atoms with Gasteiger partial charge < -0.3 is 10.6 Å². The number of benzene rings is 1. The van der Waals surface area contributed by atoms with E-state index in [1.807, 2.05) is 31.2 Å². The Hall–Kier alpha value is -2.37. The van der Waals surface area contributed by atoms with Crippen LogP contribution in [0.15, 0.2) is 24.3 Å². The topological polar surface area (TPSA) is 87.3 Å². The lowest BCUT2D eigenvalue weighted by Crippen LogP contribution is -2.34. The summed E-state index contributed by atoms with van der Waals surface area (Å²) >= 11 is 0. The number of imide groups is 1. The fraction of sp³-hybridized carbons (Fsp3) is 0.400. The molecule has 1 fully saturated rings. The van der Waals surface area contributed by atoms with E-state index in [9.17, 15) is 14.4 Å². The normalized spacial score (nSPS) is 17.3. The first-order valence-electron chi connectivity index (χ1n) is 6.99. The van der Waals surface area contributed by atoms with Crippen LogP contribution in [0.3, 0.4) is 0 Å². The van der Waals surface area contributed by atoms with Gasteiger partial charge in [-0.15, -0.1) is 0 Å². The van der Waals surface area contributed by atoms with Crippen molar-refractivity contribution >= 4 is 17.8 Å². The van der Waals surface area contributed by atoms with E-state index in [2.05, 4.69) is 16.0 Å². The molecule has 4 amide bonds. The number of nitrogens with one attached hydrogen (secondary N) is 3. The first kappa shape index (κ1) is 15.0. The highest BCUT2D eigenvalue weighted by Gasteiger charge is 2.28. The van der Waals surface area contributed by atoms with E-state index in [1.165, 1.54) is 5.56 Å². The third-order valence-corrected chi connectivity index (χ3v) is 3.50. The maximum Gasteiger partial charge on any atom is 0.322 e. The van der Waals surface area contributed by atoms with E-state index in [-0.39, 0.29) is 11.8 Å². The zero-order chi connectivity index (χ0) is 15.2. The minimum absolute atomic E-state index is 0.0528. The van der Waals surface area contributed by atoms with Gasteiger partial charge in [-0.1, -0.05) is 24.3 Å². The third kappa shape index (κ3) is 4.30. The van der Waals surface area contributed by atoms with Gasteiger partial charge in [-0.2, -0.15) is 0 Å². The summed E-state index contributed by atoms with van der Waals surface area (Å²) in [7, 11) is 0. The molecule has 112 valence electrons. The Kier molecular flexibility index (Phi) is 4.92. The molecule has 0 spiro atoms. The maximum absolute atomic E-state index is 11.7. The largest absolute Gasteiger partial charge is 0.356 e. The summed E-state index contributed by atoms with van der Waals surface area (Å²) in [5, 5.41) is 7.41. The minimum atomic E-state index is -0.547. The van der Waals surface area contributed by atoms with Gasteiger partial charge in [-0.3, -0.25) is 14.9 Å². The van der Waals surface area contributed by atoms with E-state index in [0.29, 0.717) is 25.8 Å². The van der Waals surface area contributed by atoms with E-state index in [1.54, 1.807) is 0 Å². The average Bonchev–Trinajstić information content (AvgIpc) is 2.76. The molecule has 1 saturated heterocycles. The SMILES string of the molecule is Cc1ccccc1CCC(=O)NCCC1NC(=O)NC1=O. The van der Waals surface area contributed by atoms with Crippen molar-refractivity contribution in [2.75, 3.05) is 6.54 Å². The number of hydrogen-bond donors (Lipinski definition) is 3. The van der Waals surface area contributed by atoms with E-state index in [0.717, 1.165) is 5.56 Å². The smallest absolute Gasteiger partial charge is 0.322 e. The van der Waals surface area contributed by atoms with Gasteiger partial charge in [0.2, 0.25) is 5.91 Å². The number of rotatable bonds is 6. The lowest BCUT2D eigenvalue weighted by Gasteiger charge is -2.09. The first-order chi connectivity index (χ1) is 10.1. The number of carbonyl (C=O) groups is 3. The Balaban J connectivity index is 1.67. The lowest BCUT2D eigenvalue weighted by molar-refractivity contribution is -0.122. The summed E-state index contributed by atoms with van der Waals surface area (Å²) in [4.78, 5) is 34.0. The van der Waals surface area contributed by atoms with E-state index in [4.69, 9.17) is 0 Å². The van der Waals surface area contributed by atoms with Crippen molar-refractivity contribution in [3.63, 3.8) is 0 Å². The van der Waals surface area contributed by atoms with Crippen molar-refractivity contribution < 1.29 is 14.4 Å². The van der Waals surface area contributed by atoms with Crippen LogP contribution in [-0.4, -0.2) is 30.4 Å². The van der Waals surface area contributed by atoms with Crippen LogP contribution in [-0.2, 0) is 16.0 Å². The molecule has 0 aromatic heterocycles. The molecule has 2 rings (SSSR count). The van der Waals surface area contributed by atoms with Gasteiger partial charge in [0.05, 0.1) is 0 Å². The van der Waals surface area contributed by atoms with E-state index >= 15 is 0 Å². The van der Waals surface area contributed by atoms with Gasteiger partial charge in [-0.25, -0.2) is 4.79 Å². The summed E-state index contributed by atoms with van der Waals surface area (Å²) in [6, 6.07) is 6.95. The molecule has 3 N–H and O–H groups in total. The molecule has 1 atom stereocenters. The molecule has 0 bridgehead atoms. The highest BCUT2D eigenvalue weighted by atomic mass is 16.2. The Morgan fingerprint density at radius 3 is 2.71 bits per heavy atom. The fourth-order valence-electron chi connectivity index (χ4n) is 2.25. The summed E-state index contributed by atoms with van der Waals surface area (Å²) in [5.74, 6) is -0.392. The van der Waals surface area contributed by atoms with Gasteiger partial charge in [0.1, 0.15) is 6.04 Å². The van der Waals surface area contributed by atoms with Crippen molar-refractivity contribution in [2.45, 2.75) is 32.2 Å². The monoisotopic (exact) mass is 289 g/mol. The molecule has 0 radical (unpaired) electrons. The fourth-order valence-corrected chi connectivity index (χ4v) is 2.25. The van der Waals surface area contributed by atoms with Gasteiger partial charge >= 0.3 is 6.03 Å². The number of urea groups is 1. The van der Waals surface area contributed by atoms with Crippen molar-refractivity contribution in [1.82, 2.24) is 16.0 Å². The molecule has 0 aliphatic carbocycles. The van der Waals surface area contributed by atoms with Gasteiger partial charge in [0.15, 0.2) is 0 Å². The molecule has 1 aliphatic heterocycles. The second kappa shape index (κ2) is 6.88. The molecule has 0 saturated carbocycles. The summed E-state index contributed by atoms with van der Waals surface area (Å²) in [5.41, 5.74) is 2.34. The number of hydrogen-bond acceptors (Lipinski definition) is 3. The Labute approximate surface area is 123 Å². The predicted molar refractivity (Wildman–Crippen MR) is 77.6 cm³/mol. The van der Waals surface area contributed by atoms with Crippen LogP contribution < -0.4 is 16.0 Å². The number of amides is 4. The predicted octanol–water partition coefficient (Wildman–Crippen LogP) is 0.642. The Morgan fingerprint density at radius 1 is 1.29 bits per heavy atom. The molecule has 1 aromatic rings. The van der Waals surface area contributed by atoms with Crippen LogP contribution in [0.25, 0.3) is 0 Å². The average molecular weight is 289 g/mol. The first-order valence-corrected chi connectivity index (χ1v) is 6.99. The standard InChI is InChI=1S/C15H19N3O3/c1-10-4-2-3-5-11(10)6-7-13(19)16-9-8-12-14(20)18-15(21)17-12/h2-5,12H,6-9H2,1H3,(H,16,19)(H2,17,18,20,21). The van der Waals surface area contributed by atoms with Crippen LogP contribution in [0, 0.1) is 6.92 Å². The van der Waals surface area contributed by atoms with Crippen molar-refractivity contribution in [2.24, 2.45) is 0 Å². The Bertz CT molecular complexity index is 557. The second-order valence-electron chi connectivity index (χ2n) is 5.08.